The molecule has 4 rings (SSSR count). The van der Waals surface area contributed by atoms with Crippen molar-refractivity contribution in [2.24, 2.45) is 10.9 Å². The molecule has 214 valence electrons. The highest BCUT2D eigenvalue weighted by Gasteiger charge is 2.45. The van der Waals surface area contributed by atoms with Crippen LogP contribution in [0.1, 0.15) is 46.3 Å². The third-order valence-corrected chi connectivity index (χ3v) is 7.55. The first-order valence-electron chi connectivity index (χ1n) is 12.8. The van der Waals surface area contributed by atoms with Crippen molar-refractivity contribution in [2.75, 3.05) is 20.6 Å². The molecular formula is C29H29F6N3O2. The maximum atomic E-state index is 13.6. The Bertz CT molecular complexity index is 1260. The van der Waals surface area contributed by atoms with Gasteiger partial charge in [0.05, 0.1) is 23.1 Å². The zero-order valence-corrected chi connectivity index (χ0v) is 22.0. The molecule has 3 unspecified atom stereocenters. The van der Waals surface area contributed by atoms with Crippen LogP contribution < -0.4 is 0 Å². The molecule has 0 radical (unpaired) electrons. The van der Waals surface area contributed by atoms with Crippen molar-refractivity contribution < 1.29 is 35.9 Å². The van der Waals surface area contributed by atoms with Crippen molar-refractivity contribution in [3.8, 4) is 0 Å². The van der Waals surface area contributed by atoms with E-state index in [0.29, 0.717) is 31.4 Å². The summed E-state index contributed by atoms with van der Waals surface area (Å²) in [6.45, 7) is 0.0832. The fourth-order valence-electron chi connectivity index (χ4n) is 5.42. The number of carbonyl (C=O) groups is 2. The molecule has 2 aliphatic heterocycles. The Kier molecular flexibility index (Phi) is 8.14. The van der Waals surface area contributed by atoms with Gasteiger partial charge >= 0.3 is 12.4 Å². The second kappa shape index (κ2) is 11.1. The number of benzene rings is 2. The molecule has 40 heavy (non-hydrogen) atoms. The maximum absolute atomic E-state index is 13.6. The highest BCUT2D eigenvalue weighted by Crippen LogP contribution is 2.42. The van der Waals surface area contributed by atoms with Gasteiger partial charge in [-0.3, -0.25) is 14.6 Å². The van der Waals surface area contributed by atoms with Gasteiger partial charge in [-0.2, -0.15) is 26.3 Å². The lowest BCUT2D eigenvalue weighted by Gasteiger charge is -2.45. The first-order chi connectivity index (χ1) is 18.7. The number of aliphatic imine (C=N–C) groups is 1. The normalized spacial score (nSPS) is 22.9. The van der Waals surface area contributed by atoms with Crippen molar-refractivity contribution in [1.82, 2.24) is 9.80 Å². The van der Waals surface area contributed by atoms with Crippen LogP contribution in [0.5, 0.6) is 0 Å². The SMILES string of the molecule is CN(C)C(=O)CC1(C2CCN(C(=O)c3cc(C(F)(F)F)cc(C(F)(F)F)c3)C(Cc3ccccc3)C2)C=CC=N1. The van der Waals surface area contributed by atoms with Gasteiger partial charge in [-0.1, -0.05) is 36.4 Å². The Morgan fingerprint density at radius 2 is 1.62 bits per heavy atom. The second-order valence-corrected chi connectivity index (χ2v) is 10.5. The molecule has 5 nitrogen and oxygen atoms in total. The molecule has 0 aliphatic carbocycles. The number of piperidine rings is 1. The second-order valence-electron chi connectivity index (χ2n) is 10.5. The lowest BCUT2D eigenvalue weighted by molar-refractivity contribution is -0.143. The average molecular weight is 566 g/mol. The van der Waals surface area contributed by atoms with Crippen LogP contribution in [0.2, 0.25) is 0 Å². The number of carbonyl (C=O) groups excluding carboxylic acids is 2. The topological polar surface area (TPSA) is 53.0 Å². The van der Waals surface area contributed by atoms with Crippen molar-refractivity contribution in [3.05, 3.63) is 82.9 Å². The van der Waals surface area contributed by atoms with Gasteiger partial charge in [0.1, 0.15) is 0 Å². The van der Waals surface area contributed by atoms with Crippen molar-refractivity contribution >= 4 is 18.0 Å². The van der Waals surface area contributed by atoms with Crippen molar-refractivity contribution in [3.63, 3.8) is 0 Å². The Balaban J connectivity index is 1.70. The highest BCUT2D eigenvalue weighted by atomic mass is 19.4. The fraction of sp³-hybridized carbons (Fsp3) is 0.414. The summed E-state index contributed by atoms with van der Waals surface area (Å²) in [5.74, 6) is -1.22. The van der Waals surface area contributed by atoms with Gasteiger partial charge in [0, 0.05) is 38.5 Å². The van der Waals surface area contributed by atoms with Gasteiger partial charge in [0.25, 0.3) is 5.91 Å². The zero-order valence-electron chi connectivity index (χ0n) is 22.0. The monoisotopic (exact) mass is 565 g/mol. The first-order valence-corrected chi connectivity index (χ1v) is 12.8. The zero-order chi connectivity index (χ0) is 29.3. The number of hydrogen-bond acceptors (Lipinski definition) is 3. The molecule has 2 aliphatic rings. The van der Waals surface area contributed by atoms with Gasteiger partial charge in [-0.15, -0.1) is 0 Å². The van der Waals surface area contributed by atoms with Crippen LogP contribution in [0.25, 0.3) is 0 Å². The summed E-state index contributed by atoms with van der Waals surface area (Å²) >= 11 is 0. The van der Waals surface area contributed by atoms with Crippen molar-refractivity contribution in [2.45, 2.75) is 49.6 Å². The van der Waals surface area contributed by atoms with E-state index in [9.17, 15) is 35.9 Å². The summed E-state index contributed by atoms with van der Waals surface area (Å²) in [6, 6.07) is 9.55. The van der Waals surface area contributed by atoms with Gasteiger partial charge < -0.3 is 9.80 Å². The lowest BCUT2D eigenvalue weighted by Crippen LogP contribution is -2.52. The molecule has 1 saturated heterocycles. The third-order valence-electron chi connectivity index (χ3n) is 7.55. The standard InChI is InChI=1S/C29H29F6N3O2/c1-37(2)25(39)18-27(10-6-11-36-27)21-9-12-38(24(17-21)13-19-7-4-3-5-8-19)26(40)20-14-22(28(30,31)32)16-23(15-20)29(33,34)35/h3-8,10-11,14-16,21,24H,9,12-13,17-18H2,1-2H3. The summed E-state index contributed by atoms with van der Waals surface area (Å²) in [5.41, 5.74) is -3.73. The number of alkyl halides is 6. The number of halogens is 6. The van der Waals surface area contributed by atoms with E-state index in [1.165, 1.54) is 9.80 Å². The predicted octanol–water partition coefficient (Wildman–Crippen LogP) is 6.05. The summed E-state index contributed by atoms with van der Waals surface area (Å²) in [5, 5.41) is 0. The summed E-state index contributed by atoms with van der Waals surface area (Å²) in [4.78, 5) is 33.7. The molecular weight excluding hydrogens is 536 g/mol. The minimum Gasteiger partial charge on any atom is -0.349 e. The molecule has 2 amide bonds. The summed E-state index contributed by atoms with van der Waals surface area (Å²) in [6.07, 6.45) is -3.74. The van der Waals surface area contributed by atoms with E-state index < -0.39 is 46.5 Å². The summed E-state index contributed by atoms with van der Waals surface area (Å²) < 4.78 is 80.9. The highest BCUT2D eigenvalue weighted by molar-refractivity contribution is 5.95. The van der Waals surface area contributed by atoms with E-state index in [1.807, 2.05) is 36.4 Å². The quantitative estimate of drug-likeness (QED) is 0.401. The van der Waals surface area contributed by atoms with Gasteiger partial charge in [-0.05, 0) is 55.0 Å². The average Bonchev–Trinajstić information content (AvgIpc) is 3.37. The first kappa shape index (κ1) is 29.4. The van der Waals surface area contributed by atoms with E-state index >= 15 is 0 Å². The van der Waals surface area contributed by atoms with E-state index in [1.54, 1.807) is 26.4 Å². The molecule has 11 heteroatoms. The Labute approximate surface area is 228 Å². The number of rotatable bonds is 6. The number of nitrogens with zero attached hydrogens (tertiary/aromatic N) is 3. The van der Waals surface area contributed by atoms with Crippen LogP contribution in [0.3, 0.4) is 0 Å². The van der Waals surface area contributed by atoms with Gasteiger partial charge in [0.2, 0.25) is 5.91 Å². The van der Waals surface area contributed by atoms with Crippen LogP contribution >= 0.6 is 0 Å². The molecule has 0 bridgehead atoms. The molecule has 0 aromatic heterocycles. The maximum Gasteiger partial charge on any atom is 0.416 e. The van der Waals surface area contributed by atoms with Crippen molar-refractivity contribution in [1.29, 1.82) is 0 Å². The van der Waals surface area contributed by atoms with E-state index in [0.717, 1.165) is 5.56 Å². The van der Waals surface area contributed by atoms with Gasteiger partial charge in [-0.25, -0.2) is 0 Å². The molecule has 2 aromatic rings. The van der Waals surface area contributed by atoms with E-state index in [-0.39, 0.29) is 30.9 Å². The third kappa shape index (κ3) is 6.39. The van der Waals surface area contributed by atoms with Crippen LogP contribution in [0.15, 0.2) is 65.7 Å². The lowest BCUT2D eigenvalue weighted by atomic mass is 9.73. The van der Waals surface area contributed by atoms with Crippen LogP contribution in [0, 0.1) is 5.92 Å². The Hall–Kier alpha value is -3.63. The van der Waals surface area contributed by atoms with E-state index in [4.69, 9.17) is 0 Å². The molecule has 3 atom stereocenters. The molecule has 0 saturated carbocycles. The minimum absolute atomic E-state index is 0.0143. The number of allylic oxidation sites excluding steroid dienone is 1. The number of hydrogen-bond donors (Lipinski definition) is 0. The molecule has 1 fully saturated rings. The largest absolute Gasteiger partial charge is 0.416 e. The smallest absolute Gasteiger partial charge is 0.349 e. The van der Waals surface area contributed by atoms with E-state index in [2.05, 4.69) is 4.99 Å². The number of amides is 2. The molecule has 2 aromatic carbocycles. The van der Waals surface area contributed by atoms with Crippen LogP contribution in [0.4, 0.5) is 26.3 Å². The summed E-state index contributed by atoms with van der Waals surface area (Å²) in [7, 11) is 3.28. The molecule has 0 spiro atoms. The molecule has 2 heterocycles. The van der Waals surface area contributed by atoms with Crippen LogP contribution in [-0.4, -0.2) is 60.0 Å². The fourth-order valence-corrected chi connectivity index (χ4v) is 5.42. The Morgan fingerprint density at radius 3 is 2.15 bits per heavy atom. The predicted molar refractivity (Wildman–Crippen MR) is 138 cm³/mol. The van der Waals surface area contributed by atoms with Gasteiger partial charge in [0.15, 0.2) is 0 Å². The minimum atomic E-state index is -5.06. The number of likely N-dealkylation sites (tertiary alicyclic amines) is 1. The molecule has 0 N–H and O–H groups in total. The Morgan fingerprint density at radius 1 is 1.00 bits per heavy atom. The van der Waals surface area contributed by atoms with Crippen LogP contribution in [-0.2, 0) is 23.6 Å².